The number of benzene rings is 3. The van der Waals surface area contributed by atoms with Crippen molar-refractivity contribution in [3.05, 3.63) is 94.5 Å². The standard InChI is InChI=1S/C24H22N4O4S/c1-16-25-22-10-5-4-9-21(22)24(30)28(16)19-13-11-17(12-14-19)23(29)26-18-7-6-8-20(15-18)33(31,32)27(2)3/h4-15H,1-3H3,(H,26,29). The molecule has 1 aromatic heterocycles. The number of para-hydroxylation sites is 1. The van der Waals surface area contributed by atoms with Crippen molar-refractivity contribution in [2.75, 3.05) is 19.4 Å². The molecule has 0 atom stereocenters. The van der Waals surface area contributed by atoms with Crippen LogP contribution in [0.1, 0.15) is 16.2 Å². The first-order valence-electron chi connectivity index (χ1n) is 10.1. The van der Waals surface area contributed by atoms with Crippen LogP contribution in [0.3, 0.4) is 0 Å². The lowest BCUT2D eigenvalue weighted by molar-refractivity contribution is 0.102. The summed E-state index contributed by atoms with van der Waals surface area (Å²) in [6.45, 7) is 1.75. The van der Waals surface area contributed by atoms with Gasteiger partial charge in [0.25, 0.3) is 11.5 Å². The second kappa shape index (κ2) is 8.61. The Labute approximate surface area is 191 Å². The molecule has 0 unspecified atom stereocenters. The molecule has 1 heterocycles. The van der Waals surface area contributed by atoms with Crippen molar-refractivity contribution in [1.29, 1.82) is 0 Å². The third kappa shape index (κ3) is 4.28. The van der Waals surface area contributed by atoms with E-state index >= 15 is 0 Å². The fourth-order valence-electron chi connectivity index (χ4n) is 3.46. The Kier molecular flexibility index (Phi) is 5.84. The first-order valence-corrected chi connectivity index (χ1v) is 11.6. The molecule has 0 aliphatic rings. The number of fused-ring (bicyclic) bond motifs is 1. The zero-order valence-electron chi connectivity index (χ0n) is 18.3. The smallest absolute Gasteiger partial charge is 0.265 e. The number of sulfonamides is 1. The third-order valence-corrected chi connectivity index (χ3v) is 7.01. The summed E-state index contributed by atoms with van der Waals surface area (Å²) in [5.74, 6) is 0.136. The predicted octanol–water partition coefficient (Wildman–Crippen LogP) is 3.20. The van der Waals surface area contributed by atoms with Crippen LogP contribution < -0.4 is 10.9 Å². The Hall–Kier alpha value is -3.82. The maximum Gasteiger partial charge on any atom is 0.265 e. The molecule has 0 bridgehead atoms. The normalized spacial score (nSPS) is 11.6. The van der Waals surface area contributed by atoms with Gasteiger partial charge in [-0.05, 0) is 61.5 Å². The van der Waals surface area contributed by atoms with Gasteiger partial charge in [-0.1, -0.05) is 18.2 Å². The number of carbonyl (C=O) groups excluding carboxylic acids is 1. The lowest BCUT2D eigenvalue weighted by Crippen LogP contribution is -2.22. The first-order chi connectivity index (χ1) is 15.7. The number of aryl methyl sites for hydroxylation is 1. The number of amides is 1. The topological polar surface area (TPSA) is 101 Å². The van der Waals surface area contributed by atoms with Crippen molar-refractivity contribution in [2.24, 2.45) is 0 Å². The van der Waals surface area contributed by atoms with Crippen LogP contribution >= 0.6 is 0 Å². The molecule has 168 valence electrons. The van der Waals surface area contributed by atoms with Gasteiger partial charge in [-0.25, -0.2) is 17.7 Å². The third-order valence-electron chi connectivity index (χ3n) is 5.20. The Bertz CT molecular complexity index is 1520. The molecule has 0 saturated carbocycles. The zero-order valence-corrected chi connectivity index (χ0v) is 19.1. The molecule has 0 spiro atoms. The molecule has 4 rings (SSSR count). The fraction of sp³-hybridized carbons (Fsp3) is 0.125. The summed E-state index contributed by atoms with van der Waals surface area (Å²) < 4.78 is 27.3. The monoisotopic (exact) mass is 462 g/mol. The van der Waals surface area contributed by atoms with Crippen LogP contribution in [0, 0.1) is 6.92 Å². The molecule has 0 fully saturated rings. The van der Waals surface area contributed by atoms with E-state index in [0.29, 0.717) is 33.7 Å². The Morgan fingerprint density at radius 1 is 0.970 bits per heavy atom. The molecular weight excluding hydrogens is 440 g/mol. The first kappa shape index (κ1) is 22.4. The van der Waals surface area contributed by atoms with Gasteiger partial charge in [0.05, 0.1) is 21.5 Å². The van der Waals surface area contributed by atoms with Crippen LogP contribution in [0.25, 0.3) is 16.6 Å². The lowest BCUT2D eigenvalue weighted by Gasteiger charge is -2.13. The van der Waals surface area contributed by atoms with Crippen molar-refractivity contribution in [2.45, 2.75) is 11.8 Å². The van der Waals surface area contributed by atoms with Crippen LogP contribution in [0.5, 0.6) is 0 Å². The van der Waals surface area contributed by atoms with Crippen LogP contribution in [0.15, 0.2) is 82.5 Å². The summed E-state index contributed by atoms with van der Waals surface area (Å²) >= 11 is 0. The molecule has 0 radical (unpaired) electrons. The summed E-state index contributed by atoms with van der Waals surface area (Å²) in [6, 6.07) is 19.8. The van der Waals surface area contributed by atoms with Crippen LogP contribution in [-0.4, -0.2) is 42.3 Å². The molecular formula is C24H22N4O4S. The molecule has 0 aliphatic heterocycles. The van der Waals surface area contributed by atoms with Gasteiger partial charge in [0.2, 0.25) is 10.0 Å². The van der Waals surface area contributed by atoms with E-state index in [9.17, 15) is 18.0 Å². The van der Waals surface area contributed by atoms with Crippen molar-refractivity contribution in [3.8, 4) is 5.69 Å². The maximum atomic E-state index is 13.0. The summed E-state index contributed by atoms with van der Waals surface area (Å²) in [6.07, 6.45) is 0. The maximum absolute atomic E-state index is 13.0. The van der Waals surface area contributed by atoms with Crippen LogP contribution in [-0.2, 0) is 10.0 Å². The fourth-order valence-corrected chi connectivity index (χ4v) is 4.41. The number of anilines is 1. The van der Waals surface area contributed by atoms with E-state index in [-0.39, 0.29) is 10.5 Å². The van der Waals surface area contributed by atoms with Crippen molar-refractivity contribution in [1.82, 2.24) is 13.9 Å². The largest absolute Gasteiger partial charge is 0.322 e. The predicted molar refractivity (Wildman–Crippen MR) is 127 cm³/mol. The minimum absolute atomic E-state index is 0.0827. The van der Waals surface area contributed by atoms with E-state index < -0.39 is 15.9 Å². The number of hydrogen-bond donors (Lipinski definition) is 1. The highest BCUT2D eigenvalue weighted by Gasteiger charge is 2.18. The molecule has 4 aromatic rings. The van der Waals surface area contributed by atoms with Gasteiger partial charge in [0, 0.05) is 25.3 Å². The summed E-state index contributed by atoms with van der Waals surface area (Å²) in [4.78, 5) is 30.3. The van der Waals surface area contributed by atoms with E-state index in [1.165, 1.54) is 30.8 Å². The second-order valence-electron chi connectivity index (χ2n) is 7.63. The van der Waals surface area contributed by atoms with Gasteiger partial charge in [-0.15, -0.1) is 0 Å². The summed E-state index contributed by atoms with van der Waals surface area (Å²) in [7, 11) is -0.727. The number of nitrogens with zero attached hydrogens (tertiary/aromatic N) is 3. The van der Waals surface area contributed by atoms with Crippen molar-refractivity contribution < 1.29 is 13.2 Å². The van der Waals surface area contributed by atoms with Crippen LogP contribution in [0.2, 0.25) is 0 Å². The van der Waals surface area contributed by atoms with Gasteiger partial charge in [-0.2, -0.15) is 0 Å². The molecule has 33 heavy (non-hydrogen) atoms. The van der Waals surface area contributed by atoms with E-state index in [0.717, 1.165) is 4.31 Å². The van der Waals surface area contributed by atoms with E-state index in [2.05, 4.69) is 10.3 Å². The second-order valence-corrected chi connectivity index (χ2v) is 9.78. The van der Waals surface area contributed by atoms with E-state index in [1.54, 1.807) is 61.5 Å². The number of nitrogens with one attached hydrogen (secondary N) is 1. The van der Waals surface area contributed by atoms with Crippen molar-refractivity contribution >= 4 is 32.5 Å². The average Bonchev–Trinajstić information content (AvgIpc) is 2.79. The average molecular weight is 463 g/mol. The molecule has 3 aromatic carbocycles. The van der Waals surface area contributed by atoms with Gasteiger partial charge >= 0.3 is 0 Å². The quantitative estimate of drug-likeness (QED) is 0.491. The Balaban J connectivity index is 1.61. The molecule has 0 aliphatic carbocycles. The lowest BCUT2D eigenvalue weighted by atomic mass is 10.1. The minimum atomic E-state index is -3.62. The van der Waals surface area contributed by atoms with Crippen LogP contribution in [0.4, 0.5) is 5.69 Å². The molecule has 8 nitrogen and oxygen atoms in total. The van der Waals surface area contributed by atoms with Gasteiger partial charge in [0.15, 0.2) is 0 Å². The molecule has 1 amide bonds. The molecule has 0 saturated heterocycles. The van der Waals surface area contributed by atoms with Crippen molar-refractivity contribution in [3.63, 3.8) is 0 Å². The highest BCUT2D eigenvalue weighted by atomic mass is 32.2. The number of carbonyl (C=O) groups is 1. The Morgan fingerprint density at radius 3 is 2.36 bits per heavy atom. The number of hydrogen-bond acceptors (Lipinski definition) is 5. The number of rotatable bonds is 5. The highest BCUT2D eigenvalue weighted by Crippen LogP contribution is 2.19. The highest BCUT2D eigenvalue weighted by molar-refractivity contribution is 7.89. The SMILES string of the molecule is Cc1nc2ccccc2c(=O)n1-c1ccc(C(=O)Nc2cccc(S(=O)(=O)N(C)C)c2)cc1. The van der Waals surface area contributed by atoms with E-state index in [1.807, 2.05) is 6.07 Å². The summed E-state index contributed by atoms with van der Waals surface area (Å²) in [5.41, 5.74) is 1.75. The minimum Gasteiger partial charge on any atom is -0.322 e. The van der Waals surface area contributed by atoms with Gasteiger partial charge < -0.3 is 5.32 Å². The number of aromatic nitrogens is 2. The van der Waals surface area contributed by atoms with Gasteiger partial charge in [0.1, 0.15) is 5.82 Å². The summed E-state index contributed by atoms with van der Waals surface area (Å²) in [5, 5.41) is 3.22. The molecule has 1 N–H and O–H groups in total. The molecule has 9 heteroatoms. The van der Waals surface area contributed by atoms with Gasteiger partial charge in [-0.3, -0.25) is 14.2 Å². The zero-order chi connectivity index (χ0) is 23.8. The Morgan fingerprint density at radius 2 is 1.67 bits per heavy atom. The van der Waals surface area contributed by atoms with E-state index in [4.69, 9.17) is 0 Å².